The van der Waals surface area contributed by atoms with E-state index in [2.05, 4.69) is 4.98 Å². The lowest BCUT2D eigenvalue weighted by Gasteiger charge is -2.21. The molecule has 2 rings (SSSR count). The SMILES string of the molecule is CC(=O)c1[nH]c(C)c(C(=O)N2CCOC[C@H](O)C2)c1C. The molecule has 0 aliphatic carbocycles. The number of hydrogen-bond acceptors (Lipinski definition) is 4. The van der Waals surface area contributed by atoms with Crippen LogP contribution in [0.15, 0.2) is 0 Å². The summed E-state index contributed by atoms with van der Waals surface area (Å²) in [5, 5.41) is 9.71. The zero-order valence-electron chi connectivity index (χ0n) is 12.0. The highest BCUT2D eigenvalue weighted by Crippen LogP contribution is 2.21. The molecule has 6 nitrogen and oxygen atoms in total. The van der Waals surface area contributed by atoms with E-state index in [1.165, 1.54) is 6.92 Å². The van der Waals surface area contributed by atoms with Crippen molar-refractivity contribution in [3.63, 3.8) is 0 Å². The minimum absolute atomic E-state index is 0.0936. The number of rotatable bonds is 2. The fraction of sp³-hybridized carbons (Fsp3) is 0.571. The predicted octanol–water partition coefficient (Wildman–Crippen LogP) is 0.667. The second-order valence-electron chi connectivity index (χ2n) is 5.16. The maximum Gasteiger partial charge on any atom is 0.256 e. The van der Waals surface area contributed by atoms with Crippen molar-refractivity contribution in [3.05, 3.63) is 22.5 Å². The van der Waals surface area contributed by atoms with Crippen LogP contribution in [0.25, 0.3) is 0 Å². The van der Waals surface area contributed by atoms with Crippen LogP contribution in [0.5, 0.6) is 0 Å². The number of aliphatic hydroxyl groups excluding tert-OH is 1. The van der Waals surface area contributed by atoms with Crippen LogP contribution in [0.1, 0.15) is 39.0 Å². The number of amides is 1. The molecule has 2 N–H and O–H groups in total. The van der Waals surface area contributed by atoms with Crippen LogP contribution < -0.4 is 0 Å². The number of β-amino-alcohol motifs (C(OH)–C–C–N with tert-alkyl or cyclic N) is 1. The number of nitrogens with zero attached hydrogens (tertiary/aromatic N) is 1. The average molecular weight is 280 g/mol. The first kappa shape index (κ1) is 14.7. The minimum Gasteiger partial charge on any atom is -0.389 e. The predicted molar refractivity (Wildman–Crippen MR) is 73.0 cm³/mol. The fourth-order valence-corrected chi connectivity index (χ4v) is 2.56. The molecule has 0 unspecified atom stereocenters. The van der Waals surface area contributed by atoms with E-state index in [1.54, 1.807) is 18.7 Å². The number of aryl methyl sites for hydroxylation is 1. The molecule has 1 saturated heterocycles. The molecule has 0 spiro atoms. The average Bonchev–Trinajstić information content (AvgIpc) is 2.56. The molecular weight excluding hydrogens is 260 g/mol. The summed E-state index contributed by atoms with van der Waals surface area (Å²) < 4.78 is 5.22. The van der Waals surface area contributed by atoms with Crippen LogP contribution in [-0.4, -0.2) is 59.1 Å². The van der Waals surface area contributed by atoms with Crippen molar-refractivity contribution in [1.82, 2.24) is 9.88 Å². The van der Waals surface area contributed by atoms with Crippen molar-refractivity contribution < 1.29 is 19.4 Å². The summed E-state index contributed by atoms with van der Waals surface area (Å²) in [5.41, 5.74) is 2.33. The zero-order chi connectivity index (χ0) is 14.9. The van der Waals surface area contributed by atoms with E-state index in [4.69, 9.17) is 4.74 Å². The number of carbonyl (C=O) groups excluding carboxylic acids is 2. The fourth-order valence-electron chi connectivity index (χ4n) is 2.56. The van der Waals surface area contributed by atoms with Gasteiger partial charge in [0.05, 0.1) is 30.6 Å². The Hall–Kier alpha value is -1.66. The topological polar surface area (TPSA) is 82.6 Å². The molecule has 1 fully saturated rings. The molecule has 0 aromatic carbocycles. The lowest BCUT2D eigenvalue weighted by Crippen LogP contribution is -2.38. The first-order chi connectivity index (χ1) is 9.41. The molecule has 110 valence electrons. The van der Waals surface area contributed by atoms with Gasteiger partial charge in [-0.1, -0.05) is 0 Å². The molecule has 1 aliphatic heterocycles. The highest BCUT2D eigenvalue weighted by molar-refractivity contribution is 6.02. The molecular formula is C14H20N2O4. The molecule has 0 saturated carbocycles. The smallest absolute Gasteiger partial charge is 0.256 e. The van der Waals surface area contributed by atoms with Crippen molar-refractivity contribution in [1.29, 1.82) is 0 Å². The van der Waals surface area contributed by atoms with Gasteiger partial charge in [0.15, 0.2) is 5.78 Å². The molecule has 0 bridgehead atoms. The van der Waals surface area contributed by atoms with Gasteiger partial charge in [-0.25, -0.2) is 0 Å². The number of ether oxygens (including phenoxy) is 1. The van der Waals surface area contributed by atoms with E-state index in [0.29, 0.717) is 35.7 Å². The van der Waals surface area contributed by atoms with Gasteiger partial charge in [0.1, 0.15) is 0 Å². The normalized spacial score (nSPS) is 19.8. The van der Waals surface area contributed by atoms with Gasteiger partial charge < -0.3 is 19.7 Å². The van der Waals surface area contributed by atoms with Crippen LogP contribution in [0.3, 0.4) is 0 Å². The van der Waals surface area contributed by atoms with Gasteiger partial charge in [-0.15, -0.1) is 0 Å². The Kier molecular flexibility index (Phi) is 4.25. The van der Waals surface area contributed by atoms with Crippen LogP contribution in [-0.2, 0) is 4.74 Å². The Bertz CT molecular complexity index is 536. The number of hydrogen-bond donors (Lipinski definition) is 2. The summed E-state index contributed by atoms with van der Waals surface area (Å²) in [7, 11) is 0. The van der Waals surface area contributed by atoms with Gasteiger partial charge >= 0.3 is 0 Å². The van der Waals surface area contributed by atoms with E-state index in [1.807, 2.05) is 0 Å². The zero-order valence-corrected chi connectivity index (χ0v) is 12.0. The number of Topliss-reactive ketones (excluding diaryl/α,β-unsaturated/α-hetero) is 1. The Morgan fingerprint density at radius 1 is 1.40 bits per heavy atom. The van der Waals surface area contributed by atoms with Gasteiger partial charge in [-0.2, -0.15) is 0 Å². The molecule has 6 heteroatoms. The van der Waals surface area contributed by atoms with Gasteiger partial charge in [-0.05, 0) is 19.4 Å². The third kappa shape index (κ3) is 2.76. The third-order valence-corrected chi connectivity index (χ3v) is 3.54. The number of aliphatic hydroxyl groups is 1. The van der Waals surface area contributed by atoms with E-state index in [-0.39, 0.29) is 24.8 Å². The molecule has 1 aromatic rings. The summed E-state index contributed by atoms with van der Waals surface area (Å²) in [6.07, 6.45) is -0.673. The van der Waals surface area contributed by atoms with Crippen molar-refractivity contribution in [2.75, 3.05) is 26.3 Å². The Balaban J connectivity index is 2.31. The molecule has 20 heavy (non-hydrogen) atoms. The van der Waals surface area contributed by atoms with Crippen molar-refractivity contribution in [2.45, 2.75) is 26.9 Å². The third-order valence-electron chi connectivity index (χ3n) is 3.54. The molecule has 0 radical (unpaired) electrons. The Morgan fingerprint density at radius 2 is 2.10 bits per heavy atom. The Morgan fingerprint density at radius 3 is 2.70 bits per heavy atom. The molecule has 1 amide bonds. The first-order valence-corrected chi connectivity index (χ1v) is 6.67. The number of carbonyl (C=O) groups is 2. The minimum atomic E-state index is -0.673. The summed E-state index contributed by atoms with van der Waals surface area (Å²) >= 11 is 0. The van der Waals surface area contributed by atoms with Gasteiger partial charge in [-0.3, -0.25) is 9.59 Å². The molecule has 2 heterocycles. The quantitative estimate of drug-likeness (QED) is 0.780. The van der Waals surface area contributed by atoms with Crippen molar-refractivity contribution in [3.8, 4) is 0 Å². The monoisotopic (exact) mass is 280 g/mol. The molecule has 1 aliphatic rings. The number of ketones is 1. The number of nitrogens with one attached hydrogen (secondary N) is 1. The van der Waals surface area contributed by atoms with E-state index < -0.39 is 6.10 Å². The van der Waals surface area contributed by atoms with Crippen LogP contribution in [0.2, 0.25) is 0 Å². The van der Waals surface area contributed by atoms with E-state index in [9.17, 15) is 14.7 Å². The standard InChI is InChI=1S/C14H20N2O4/c1-8-12(9(2)15-13(8)10(3)17)14(19)16-4-5-20-7-11(18)6-16/h11,15,18H,4-7H2,1-3H3/t11-/m1/s1. The second-order valence-corrected chi connectivity index (χ2v) is 5.16. The Labute approximate surface area is 117 Å². The molecule has 1 atom stereocenters. The maximum atomic E-state index is 12.6. The summed E-state index contributed by atoms with van der Waals surface area (Å²) in [6.45, 7) is 6.35. The van der Waals surface area contributed by atoms with Gasteiger partial charge in [0, 0.05) is 25.7 Å². The van der Waals surface area contributed by atoms with Crippen LogP contribution in [0, 0.1) is 13.8 Å². The highest BCUT2D eigenvalue weighted by Gasteiger charge is 2.27. The van der Waals surface area contributed by atoms with Crippen LogP contribution in [0.4, 0.5) is 0 Å². The summed E-state index contributed by atoms with van der Waals surface area (Å²) in [4.78, 5) is 28.7. The molecule has 1 aromatic heterocycles. The van der Waals surface area contributed by atoms with Crippen LogP contribution >= 0.6 is 0 Å². The first-order valence-electron chi connectivity index (χ1n) is 6.67. The summed E-state index contributed by atoms with van der Waals surface area (Å²) in [5.74, 6) is -0.266. The van der Waals surface area contributed by atoms with Gasteiger partial charge in [0.25, 0.3) is 5.91 Å². The number of aromatic nitrogens is 1. The lowest BCUT2D eigenvalue weighted by atomic mass is 10.1. The van der Waals surface area contributed by atoms with Crippen molar-refractivity contribution in [2.24, 2.45) is 0 Å². The summed E-state index contributed by atoms with van der Waals surface area (Å²) in [6, 6.07) is 0. The van der Waals surface area contributed by atoms with E-state index in [0.717, 1.165) is 0 Å². The number of aromatic amines is 1. The largest absolute Gasteiger partial charge is 0.389 e. The van der Waals surface area contributed by atoms with Crippen molar-refractivity contribution >= 4 is 11.7 Å². The number of H-pyrrole nitrogens is 1. The lowest BCUT2D eigenvalue weighted by molar-refractivity contribution is 0.0534. The van der Waals surface area contributed by atoms with Gasteiger partial charge in [0.2, 0.25) is 0 Å². The second kappa shape index (κ2) is 5.76. The van der Waals surface area contributed by atoms with E-state index >= 15 is 0 Å². The highest BCUT2D eigenvalue weighted by atomic mass is 16.5. The maximum absolute atomic E-state index is 12.6.